The van der Waals surface area contributed by atoms with Crippen molar-refractivity contribution in [3.05, 3.63) is 28.8 Å². The summed E-state index contributed by atoms with van der Waals surface area (Å²) < 4.78 is 4.31. The molecule has 0 aromatic heterocycles. The Kier molecular flexibility index (Phi) is 7.74. The van der Waals surface area contributed by atoms with Gasteiger partial charge in [-0.2, -0.15) is 0 Å². The third kappa shape index (κ3) is 4.46. The van der Waals surface area contributed by atoms with E-state index in [0.717, 1.165) is 37.7 Å². The number of rotatable bonds is 10. The number of anilines is 1. The van der Waals surface area contributed by atoms with Gasteiger partial charge in [0.05, 0.1) is 33.9 Å². The Balaban J connectivity index is 1.67. The lowest BCUT2D eigenvalue weighted by atomic mass is 9.66. The summed E-state index contributed by atoms with van der Waals surface area (Å²) in [5.74, 6) is -1.87. The minimum atomic E-state index is -0.695. The second-order valence-corrected chi connectivity index (χ2v) is 12.4. The van der Waals surface area contributed by atoms with E-state index in [2.05, 4.69) is 5.32 Å². The molecule has 9 heteroatoms. The van der Waals surface area contributed by atoms with E-state index in [4.69, 9.17) is 21.4 Å². The molecule has 1 spiro atoms. The van der Waals surface area contributed by atoms with Crippen LogP contribution in [0.25, 0.3) is 0 Å². The number of benzene rings is 1. The summed E-state index contributed by atoms with van der Waals surface area (Å²) in [5, 5.41) is 12.5. The van der Waals surface area contributed by atoms with E-state index in [1.807, 2.05) is 26.0 Å². The number of aryl methyl sites for hydroxylation is 1. The molecule has 2 amide bonds. The van der Waals surface area contributed by atoms with Crippen molar-refractivity contribution in [3.63, 3.8) is 0 Å². The van der Waals surface area contributed by atoms with Gasteiger partial charge in [0.2, 0.25) is 11.8 Å². The number of unbranched alkanes of at least 4 members (excludes halogenated alkanes) is 3. The van der Waals surface area contributed by atoms with Gasteiger partial charge in [-0.15, -0.1) is 11.8 Å². The van der Waals surface area contributed by atoms with Crippen LogP contribution in [0.2, 0.25) is 5.02 Å². The number of ether oxygens (including phenoxy) is 1. The number of carbonyl (C=O) groups excluding carboxylic acids is 3. The van der Waals surface area contributed by atoms with Gasteiger partial charge in [0, 0.05) is 17.9 Å². The molecule has 2 N–H and O–H groups in total. The Labute approximate surface area is 216 Å². The van der Waals surface area contributed by atoms with Crippen molar-refractivity contribution in [2.24, 2.45) is 11.8 Å². The molecule has 2 bridgehead atoms. The van der Waals surface area contributed by atoms with E-state index < -0.39 is 27.4 Å². The third-order valence-electron chi connectivity index (χ3n) is 7.84. The summed E-state index contributed by atoms with van der Waals surface area (Å²) in [7, 11) is 0. The highest BCUT2D eigenvalue weighted by Gasteiger charge is 2.77. The third-order valence-corrected chi connectivity index (χ3v) is 10.1. The minimum Gasteiger partial charge on any atom is -0.466 e. The summed E-state index contributed by atoms with van der Waals surface area (Å²) in [6.07, 6.45) is 4.61. The van der Waals surface area contributed by atoms with Crippen LogP contribution in [0.15, 0.2) is 18.2 Å². The zero-order valence-corrected chi connectivity index (χ0v) is 22.2. The van der Waals surface area contributed by atoms with E-state index in [0.29, 0.717) is 23.7 Å². The number of halogens is 1. The molecule has 3 heterocycles. The molecule has 0 aliphatic carbocycles. The van der Waals surface area contributed by atoms with Crippen molar-refractivity contribution in [1.29, 1.82) is 0 Å². The molecule has 3 aliphatic heterocycles. The first-order valence-electron chi connectivity index (χ1n) is 12.5. The largest absolute Gasteiger partial charge is 0.466 e. The molecule has 3 aliphatic rings. The second kappa shape index (κ2) is 10.3. The fraction of sp³-hybridized carbons (Fsp3) is 0.654. The van der Waals surface area contributed by atoms with Crippen LogP contribution in [0.1, 0.15) is 57.9 Å². The van der Waals surface area contributed by atoms with E-state index in [9.17, 15) is 14.4 Å². The van der Waals surface area contributed by atoms with Crippen LogP contribution in [-0.4, -0.2) is 63.1 Å². The van der Waals surface area contributed by atoms with Crippen LogP contribution in [0.4, 0.5) is 5.69 Å². The van der Waals surface area contributed by atoms with Crippen molar-refractivity contribution in [2.45, 2.75) is 74.8 Å². The highest BCUT2D eigenvalue weighted by molar-refractivity contribution is 8.02. The predicted octanol–water partition coefficient (Wildman–Crippen LogP) is 4.18. The maximum absolute atomic E-state index is 13.9. The summed E-state index contributed by atoms with van der Waals surface area (Å²) >= 11 is 8.04. The molecule has 4 rings (SSSR count). The zero-order chi connectivity index (χ0) is 25.4. The topological polar surface area (TPSA) is 95.9 Å². The molecule has 2 unspecified atom stereocenters. The second-order valence-electron chi connectivity index (χ2n) is 10.1. The van der Waals surface area contributed by atoms with Crippen LogP contribution >= 0.6 is 23.4 Å². The lowest BCUT2D eigenvalue weighted by Gasteiger charge is -2.34. The number of hydrogen-bond acceptors (Lipinski definition) is 6. The van der Waals surface area contributed by atoms with E-state index >= 15 is 0 Å². The lowest BCUT2D eigenvalue weighted by molar-refractivity contribution is -0.155. The van der Waals surface area contributed by atoms with E-state index in [-0.39, 0.29) is 31.0 Å². The average Bonchev–Trinajstić information content (AvgIpc) is 3.37. The van der Waals surface area contributed by atoms with Crippen LogP contribution in [0.5, 0.6) is 0 Å². The molecule has 0 saturated carbocycles. The number of thioether (sulfide) groups is 1. The van der Waals surface area contributed by atoms with Crippen LogP contribution in [0, 0.1) is 18.8 Å². The number of carbonyl (C=O) groups is 3. The number of esters is 1. The molecule has 3 saturated heterocycles. The molecule has 35 heavy (non-hydrogen) atoms. The molecule has 1 aromatic rings. The maximum atomic E-state index is 13.9. The number of fused-ring (bicyclic) bond motifs is 1. The first kappa shape index (κ1) is 26.3. The van der Waals surface area contributed by atoms with Gasteiger partial charge in [-0.05, 0) is 58.1 Å². The van der Waals surface area contributed by atoms with Crippen molar-refractivity contribution < 1.29 is 24.2 Å². The first-order valence-corrected chi connectivity index (χ1v) is 13.7. The number of likely N-dealkylation sites (tertiary alicyclic amines) is 1. The number of nitrogens with zero attached hydrogens (tertiary/aromatic N) is 1. The molecular weight excluding hydrogens is 488 g/mol. The Hall–Kier alpha value is -1.77. The summed E-state index contributed by atoms with van der Waals surface area (Å²) in [6, 6.07) is 4.76. The fourth-order valence-corrected chi connectivity index (χ4v) is 8.90. The normalized spacial score (nSPS) is 31.1. The highest BCUT2D eigenvalue weighted by Crippen LogP contribution is 2.71. The highest BCUT2D eigenvalue weighted by atomic mass is 35.5. The van der Waals surface area contributed by atoms with Gasteiger partial charge in [-0.25, -0.2) is 0 Å². The Morgan fingerprint density at radius 2 is 2.00 bits per heavy atom. The molecule has 0 radical (unpaired) electrons. The van der Waals surface area contributed by atoms with Gasteiger partial charge >= 0.3 is 5.97 Å². The van der Waals surface area contributed by atoms with Crippen molar-refractivity contribution in [1.82, 2.24) is 4.90 Å². The first-order chi connectivity index (χ1) is 16.7. The van der Waals surface area contributed by atoms with Gasteiger partial charge < -0.3 is 20.1 Å². The van der Waals surface area contributed by atoms with Gasteiger partial charge in [-0.1, -0.05) is 36.6 Å². The van der Waals surface area contributed by atoms with Gasteiger partial charge in [0.25, 0.3) is 0 Å². The summed E-state index contributed by atoms with van der Waals surface area (Å²) in [6.45, 7) is 6.53. The van der Waals surface area contributed by atoms with Crippen LogP contribution in [-0.2, 0) is 19.1 Å². The lowest BCUT2D eigenvalue weighted by Crippen LogP contribution is -2.51. The maximum Gasteiger partial charge on any atom is 0.311 e. The number of aliphatic hydroxyl groups excluding tert-OH is 1. The Bertz CT molecular complexity index is 986. The quantitative estimate of drug-likeness (QED) is 0.353. The molecule has 1 aromatic carbocycles. The average molecular weight is 523 g/mol. The number of para-hydroxylation sites is 1. The predicted molar refractivity (Wildman–Crippen MR) is 137 cm³/mol. The van der Waals surface area contributed by atoms with Crippen molar-refractivity contribution in [3.8, 4) is 0 Å². The van der Waals surface area contributed by atoms with Crippen LogP contribution < -0.4 is 5.32 Å². The number of aliphatic hydroxyl groups is 1. The zero-order valence-electron chi connectivity index (χ0n) is 20.6. The van der Waals surface area contributed by atoms with Gasteiger partial charge in [-0.3, -0.25) is 14.4 Å². The summed E-state index contributed by atoms with van der Waals surface area (Å²) in [4.78, 5) is 42.6. The standard InChI is InChI=1S/C26H35ClN2O5S/c1-4-34-24(33)19-18-23(32)29(14-7-5-6-8-15-30)21(26(18)13-12-25(19,3)35-26)22(31)28-20-16(2)10-9-11-17(20)27/h9-11,18-19,21,30H,4-8,12-15H2,1-3H3,(H,28,31)/t18-,19+,21?,25-,26?/m0/s1. The number of nitrogens with one attached hydrogen (secondary N) is 1. The minimum absolute atomic E-state index is 0.128. The van der Waals surface area contributed by atoms with Gasteiger partial charge in [0.1, 0.15) is 6.04 Å². The Morgan fingerprint density at radius 3 is 2.69 bits per heavy atom. The monoisotopic (exact) mass is 522 g/mol. The molecule has 192 valence electrons. The Morgan fingerprint density at radius 1 is 1.26 bits per heavy atom. The molecule has 5 atom stereocenters. The number of amides is 2. The van der Waals surface area contributed by atoms with E-state index in [1.165, 1.54) is 0 Å². The molecule has 7 nitrogen and oxygen atoms in total. The van der Waals surface area contributed by atoms with Gasteiger partial charge in [0.15, 0.2) is 0 Å². The van der Waals surface area contributed by atoms with Crippen molar-refractivity contribution in [2.75, 3.05) is 25.1 Å². The van der Waals surface area contributed by atoms with Crippen LogP contribution in [0.3, 0.4) is 0 Å². The number of hydrogen-bond donors (Lipinski definition) is 2. The van der Waals surface area contributed by atoms with E-state index in [1.54, 1.807) is 29.7 Å². The smallest absolute Gasteiger partial charge is 0.311 e. The SMILES string of the molecule is CCOC(=O)[C@H]1[C@H]2C(=O)N(CCCCCCO)C(C(=O)Nc3c(C)cccc3Cl)C23CC[C@]1(C)S3. The van der Waals surface area contributed by atoms with Crippen molar-refractivity contribution >= 4 is 46.8 Å². The summed E-state index contributed by atoms with van der Waals surface area (Å²) in [5.41, 5.74) is 1.40. The fourth-order valence-electron chi connectivity index (χ4n) is 6.29. The molecular formula is C26H35ClN2O5S. The molecule has 3 fully saturated rings.